The maximum atomic E-state index is 13.7. The van der Waals surface area contributed by atoms with Gasteiger partial charge in [-0.3, -0.25) is 0 Å². The number of thiocarbonyl (C=S) groups is 1. The molecule has 0 aliphatic carbocycles. The van der Waals surface area contributed by atoms with E-state index in [2.05, 4.69) is 26.6 Å². The maximum Gasteiger partial charge on any atom is 0.416 e. The van der Waals surface area contributed by atoms with Crippen molar-refractivity contribution in [1.29, 1.82) is 0 Å². The molecule has 0 aliphatic rings. The van der Waals surface area contributed by atoms with E-state index in [1.807, 2.05) is 0 Å². The first-order chi connectivity index (χ1) is 11.2. The zero-order valence-electron chi connectivity index (χ0n) is 11.8. The lowest BCUT2D eigenvalue weighted by Gasteiger charge is -2.13. The number of benzene rings is 2. The zero-order chi connectivity index (χ0) is 17.9. The van der Waals surface area contributed by atoms with Crippen molar-refractivity contribution in [3.8, 4) is 0 Å². The third kappa shape index (κ3) is 4.88. The molecule has 9 heteroatoms. The van der Waals surface area contributed by atoms with Gasteiger partial charge >= 0.3 is 6.18 Å². The molecule has 24 heavy (non-hydrogen) atoms. The molecular formula is C15H10BrF5N2S. The SMILES string of the molecule is Fc1ccc(NC(=S)NCc2ccc(C(F)(F)F)cc2F)c(Br)c1. The van der Waals surface area contributed by atoms with Crippen molar-refractivity contribution in [1.82, 2.24) is 5.32 Å². The van der Waals surface area contributed by atoms with Crippen LogP contribution in [0.1, 0.15) is 11.1 Å². The van der Waals surface area contributed by atoms with Crippen molar-refractivity contribution in [2.75, 3.05) is 5.32 Å². The minimum atomic E-state index is -4.60. The first-order valence-electron chi connectivity index (χ1n) is 6.52. The Bertz CT molecular complexity index is 764. The fraction of sp³-hybridized carbons (Fsp3) is 0.133. The Hall–Kier alpha value is -1.74. The third-order valence-electron chi connectivity index (χ3n) is 3.00. The van der Waals surface area contributed by atoms with Gasteiger partial charge in [0.15, 0.2) is 5.11 Å². The molecule has 0 saturated carbocycles. The highest BCUT2D eigenvalue weighted by atomic mass is 79.9. The molecule has 2 rings (SSSR count). The molecule has 2 aromatic carbocycles. The second kappa shape index (κ2) is 7.43. The Morgan fingerprint density at radius 2 is 1.79 bits per heavy atom. The molecule has 0 aromatic heterocycles. The average molecular weight is 425 g/mol. The second-order valence-corrected chi connectivity index (χ2v) is 6.00. The van der Waals surface area contributed by atoms with Gasteiger partial charge in [0.2, 0.25) is 0 Å². The van der Waals surface area contributed by atoms with Crippen molar-refractivity contribution in [3.05, 3.63) is 63.6 Å². The summed E-state index contributed by atoms with van der Waals surface area (Å²) in [6.45, 7) is -0.103. The van der Waals surface area contributed by atoms with E-state index >= 15 is 0 Å². The van der Waals surface area contributed by atoms with Crippen LogP contribution in [0.25, 0.3) is 0 Å². The van der Waals surface area contributed by atoms with Crippen LogP contribution in [0, 0.1) is 11.6 Å². The largest absolute Gasteiger partial charge is 0.416 e. The number of halogens is 6. The Morgan fingerprint density at radius 3 is 2.38 bits per heavy atom. The van der Waals surface area contributed by atoms with E-state index in [0.29, 0.717) is 16.2 Å². The molecule has 0 radical (unpaired) electrons. The topological polar surface area (TPSA) is 24.1 Å². The van der Waals surface area contributed by atoms with Crippen molar-refractivity contribution in [2.45, 2.75) is 12.7 Å². The van der Waals surface area contributed by atoms with E-state index in [1.54, 1.807) is 0 Å². The van der Waals surface area contributed by atoms with E-state index in [9.17, 15) is 22.0 Å². The summed E-state index contributed by atoms with van der Waals surface area (Å²) in [5, 5.41) is 5.55. The second-order valence-electron chi connectivity index (χ2n) is 4.74. The number of hydrogen-bond donors (Lipinski definition) is 2. The van der Waals surface area contributed by atoms with Gasteiger partial charge in [-0.2, -0.15) is 13.2 Å². The number of nitrogens with one attached hydrogen (secondary N) is 2. The molecule has 128 valence electrons. The average Bonchev–Trinajstić information content (AvgIpc) is 2.48. The summed E-state index contributed by atoms with van der Waals surface area (Å²) >= 11 is 8.17. The van der Waals surface area contributed by atoms with Crippen molar-refractivity contribution in [3.63, 3.8) is 0 Å². The molecule has 0 amide bonds. The van der Waals surface area contributed by atoms with Crippen LogP contribution in [0.15, 0.2) is 40.9 Å². The summed E-state index contributed by atoms with van der Waals surface area (Å²) in [5.74, 6) is -1.42. The highest BCUT2D eigenvalue weighted by molar-refractivity contribution is 9.10. The molecule has 2 aromatic rings. The highest BCUT2D eigenvalue weighted by Crippen LogP contribution is 2.30. The molecule has 2 N–H and O–H groups in total. The normalized spacial score (nSPS) is 11.2. The Balaban J connectivity index is 1.99. The molecule has 0 heterocycles. The van der Waals surface area contributed by atoms with Gasteiger partial charge in [0.1, 0.15) is 11.6 Å². The van der Waals surface area contributed by atoms with Gasteiger partial charge in [0.25, 0.3) is 0 Å². The predicted octanol–water partition coefficient (Wildman–Crippen LogP) is 5.23. The lowest BCUT2D eigenvalue weighted by atomic mass is 10.1. The first-order valence-corrected chi connectivity index (χ1v) is 7.72. The minimum absolute atomic E-state index is 0.0327. The smallest absolute Gasteiger partial charge is 0.358 e. The number of anilines is 1. The Kier molecular flexibility index (Phi) is 5.76. The van der Waals surface area contributed by atoms with Crippen LogP contribution in [-0.4, -0.2) is 5.11 Å². The first kappa shape index (κ1) is 18.6. The minimum Gasteiger partial charge on any atom is -0.358 e. The number of hydrogen-bond acceptors (Lipinski definition) is 1. The molecule has 2 nitrogen and oxygen atoms in total. The van der Waals surface area contributed by atoms with Crippen molar-refractivity contribution < 1.29 is 22.0 Å². The van der Waals surface area contributed by atoms with Crippen LogP contribution >= 0.6 is 28.1 Å². The summed E-state index contributed by atoms with van der Waals surface area (Å²) in [5.41, 5.74) is -0.535. The van der Waals surface area contributed by atoms with Gasteiger partial charge in [0, 0.05) is 16.6 Å². The summed E-state index contributed by atoms with van der Waals surface area (Å²) in [4.78, 5) is 0. The highest BCUT2D eigenvalue weighted by Gasteiger charge is 2.31. The standard InChI is InChI=1S/C15H10BrF5N2S/c16-11-6-10(17)3-4-13(11)23-14(24)22-7-8-1-2-9(5-12(8)18)15(19,20)21/h1-6H,7H2,(H2,22,23,24). The van der Waals surface area contributed by atoms with Gasteiger partial charge in [-0.25, -0.2) is 8.78 Å². The van der Waals surface area contributed by atoms with Crippen LogP contribution in [0.2, 0.25) is 0 Å². The number of rotatable bonds is 3. The molecule has 0 spiro atoms. The molecule has 0 bridgehead atoms. The number of alkyl halides is 3. The van der Waals surface area contributed by atoms with Crippen LogP contribution in [0.5, 0.6) is 0 Å². The molecule has 0 atom stereocenters. The third-order valence-corrected chi connectivity index (χ3v) is 3.90. The Labute approximate surface area is 148 Å². The fourth-order valence-electron chi connectivity index (χ4n) is 1.80. The molecular weight excluding hydrogens is 415 g/mol. The van der Waals surface area contributed by atoms with Gasteiger partial charge in [-0.15, -0.1) is 0 Å². The summed E-state index contributed by atoms with van der Waals surface area (Å²) in [6, 6.07) is 6.19. The lowest BCUT2D eigenvalue weighted by Crippen LogP contribution is -2.28. The molecule has 0 aliphatic heterocycles. The van der Waals surface area contributed by atoms with Gasteiger partial charge in [0.05, 0.1) is 11.3 Å². The fourth-order valence-corrected chi connectivity index (χ4v) is 2.43. The summed E-state index contributed by atoms with van der Waals surface area (Å²) in [7, 11) is 0. The quantitative estimate of drug-likeness (QED) is 0.520. The van der Waals surface area contributed by atoms with Crippen LogP contribution in [0.3, 0.4) is 0 Å². The maximum absolute atomic E-state index is 13.7. The Morgan fingerprint density at radius 1 is 1.08 bits per heavy atom. The monoisotopic (exact) mass is 424 g/mol. The zero-order valence-corrected chi connectivity index (χ0v) is 14.2. The van der Waals surface area contributed by atoms with Crippen LogP contribution in [-0.2, 0) is 12.7 Å². The lowest BCUT2D eigenvalue weighted by molar-refractivity contribution is -0.137. The van der Waals surface area contributed by atoms with Gasteiger partial charge in [-0.05, 0) is 58.5 Å². The molecule has 0 saturated heterocycles. The molecule has 0 fully saturated rings. The van der Waals surface area contributed by atoms with Crippen LogP contribution < -0.4 is 10.6 Å². The summed E-state index contributed by atoms with van der Waals surface area (Å²) in [6.07, 6.45) is -4.60. The molecule has 0 unspecified atom stereocenters. The summed E-state index contributed by atoms with van der Waals surface area (Å²) < 4.78 is 64.6. The predicted molar refractivity (Wildman–Crippen MR) is 88.6 cm³/mol. The van der Waals surface area contributed by atoms with E-state index in [-0.39, 0.29) is 17.2 Å². The van der Waals surface area contributed by atoms with Crippen molar-refractivity contribution >= 4 is 38.9 Å². The van der Waals surface area contributed by atoms with E-state index < -0.39 is 23.4 Å². The van der Waals surface area contributed by atoms with Crippen LogP contribution in [0.4, 0.5) is 27.6 Å². The van der Waals surface area contributed by atoms with E-state index in [4.69, 9.17) is 12.2 Å². The van der Waals surface area contributed by atoms with Crippen molar-refractivity contribution in [2.24, 2.45) is 0 Å². The van der Waals surface area contributed by atoms with Gasteiger partial charge in [-0.1, -0.05) is 6.07 Å². The van der Waals surface area contributed by atoms with E-state index in [0.717, 1.165) is 12.1 Å². The van der Waals surface area contributed by atoms with E-state index in [1.165, 1.54) is 18.2 Å². The van der Waals surface area contributed by atoms with Gasteiger partial charge < -0.3 is 10.6 Å².